The molecule has 0 bridgehead atoms. The van der Waals surface area contributed by atoms with E-state index in [9.17, 15) is 14.0 Å². The fourth-order valence-corrected chi connectivity index (χ4v) is 2.53. The van der Waals surface area contributed by atoms with Crippen molar-refractivity contribution in [2.45, 2.75) is 13.3 Å². The van der Waals surface area contributed by atoms with Gasteiger partial charge in [0.2, 0.25) is 0 Å². The summed E-state index contributed by atoms with van der Waals surface area (Å²) in [6.45, 7) is 1.24. The highest BCUT2D eigenvalue weighted by atomic mass is 79.9. The van der Waals surface area contributed by atoms with Crippen LogP contribution in [0.5, 0.6) is 11.5 Å². The van der Waals surface area contributed by atoms with Crippen molar-refractivity contribution in [1.82, 2.24) is 0 Å². The van der Waals surface area contributed by atoms with Crippen LogP contribution in [0.4, 0.5) is 10.1 Å². The van der Waals surface area contributed by atoms with Crippen molar-refractivity contribution >= 4 is 33.5 Å². The zero-order valence-electron chi connectivity index (χ0n) is 13.9. The number of hydrogen-bond acceptors (Lipinski definition) is 5. The van der Waals surface area contributed by atoms with Gasteiger partial charge in [0.15, 0.2) is 0 Å². The average molecular weight is 421 g/mol. The molecular formula is C18H14BrFN2O4. The summed E-state index contributed by atoms with van der Waals surface area (Å²) in [6, 6.07) is 12.4. The Morgan fingerprint density at radius 2 is 1.96 bits per heavy atom. The third-order valence-corrected chi connectivity index (χ3v) is 3.73. The summed E-state index contributed by atoms with van der Waals surface area (Å²) in [5.74, 6) is -1.33. The van der Waals surface area contributed by atoms with Crippen LogP contribution in [-0.2, 0) is 9.59 Å². The van der Waals surface area contributed by atoms with Crippen LogP contribution in [0.3, 0.4) is 0 Å². The number of ether oxygens (including phenoxy) is 2. The van der Waals surface area contributed by atoms with Gasteiger partial charge in [-0.3, -0.25) is 9.59 Å². The molecule has 0 aliphatic carbocycles. The zero-order valence-corrected chi connectivity index (χ0v) is 15.5. The van der Waals surface area contributed by atoms with Crippen molar-refractivity contribution < 1.29 is 23.5 Å². The van der Waals surface area contributed by atoms with Gasteiger partial charge in [0, 0.05) is 30.2 Å². The number of alkyl halides is 1. The molecule has 8 heteroatoms. The number of rotatable bonds is 5. The SMILES string of the molecule is CC(=O)Oc1cc(Br)cc(N(C)C(=O)C(F)Oc2ccccc2C#N)c1. The average Bonchev–Trinajstić information content (AvgIpc) is 2.59. The summed E-state index contributed by atoms with van der Waals surface area (Å²) in [4.78, 5) is 24.4. The van der Waals surface area contributed by atoms with Gasteiger partial charge in [0.1, 0.15) is 17.6 Å². The summed E-state index contributed by atoms with van der Waals surface area (Å²) in [7, 11) is 1.35. The lowest BCUT2D eigenvalue weighted by Gasteiger charge is -2.21. The van der Waals surface area contributed by atoms with Crippen molar-refractivity contribution in [3.05, 3.63) is 52.5 Å². The first-order valence-electron chi connectivity index (χ1n) is 7.38. The molecule has 0 saturated carbocycles. The maximum Gasteiger partial charge on any atom is 0.317 e. The smallest absolute Gasteiger partial charge is 0.317 e. The van der Waals surface area contributed by atoms with Crippen LogP contribution < -0.4 is 14.4 Å². The van der Waals surface area contributed by atoms with E-state index in [1.54, 1.807) is 18.2 Å². The number of amides is 1. The van der Waals surface area contributed by atoms with Crippen LogP contribution >= 0.6 is 15.9 Å². The summed E-state index contributed by atoms with van der Waals surface area (Å²) in [6.07, 6.45) is -2.31. The van der Waals surface area contributed by atoms with E-state index in [2.05, 4.69) is 15.9 Å². The number of carbonyl (C=O) groups is 2. The topological polar surface area (TPSA) is 79.6 Å². The molecule has 0 aliphatic rings. The van der Waals surface area contributed by atoms with Gasteiger partial charge in [-0.1, -0.05) is 28.1 Å². The monoisotopic (exact) mass is 420 g/mol. The van der Waals surface area contributed by atoms with Crippen LogP contribution in [0.25, 0.3) is 0 Å². The molecular weight excluding hydrogens is 407 g/mol. The van der Waals surface area contributed by atoms with E-state index >= 15 is 0 Å². The molecule has 0 heterocycles. The van der Waals surface area contributed by atoms with Gasteiger partial charge >= 0.3 is 18.2 Å². The van der Waals surface area contributed by atoms with E-state index in [0.717, 1.165) is 4.90 Å². The van der Waals surface area contributed by atoms with Crippen LogP contribution in [0, 0.1) is 11.3 Å². The largest absolute Gasteiger partial charge is 0.450 e. The molecule has 6 nitrogen and oxygen atoms in total. The molecule has 26 heavy (non-hydrogen) atoms. The fraction of sp³-hybridized carbons (Fsp3) is 0.167. The van der Waals surface area contributed by atoms with Crippen molar-refractivity contribution in [3.8, 4) is 17.6 Å². The summed E-state index contributed by atoms with van der Waals surface area (Å²) in [5, 5.41) is 9.00. The molecule has 2 aromatic carbocycles. The van der Waals surface area contributed by atoms with Crippen molar-refractivity contribution in [2.75, 3.05) is 11.9 Å². The van der Waals surface area contributed by atoms with Gasteiger partial charge in [-0.2, -0.15) is 9.65 Å². The highest BCUT2D eigenvalue weighted by Crippen LogP contribution is 2.28. The highest BCUT2D eigenvalue weighted by Gasteiger charge is 2.25. The number of para-hydroxylation sites is 1. The molecule has 0 spiro atoms. The maximum atomic E-state index is 14.3. The standard InChI is InChI=1S/C18H14BrFN2O4/c1-11(23)25-15-8-13(19)7-14(9-15)22(2)18(24)17(20)26-16-6-4-3-5-12(16)10-21/h3-9,17H,1-2H3. The van der Waals surface area contributed by atoms with Crippen LogP contribution in [0.1, 0.15) is 12.5 Å². The lowest BCUT2D eigenvalue weighted by Crippen LogP contribution is -2.37. The molecule has 1 atom stereocenters. The Bertz CT molecular complexity index is 882. The summed E-state index contributed by atoms with van der Waals surface area (Å²) >= 11 is 3.24. The Kier molecular flexibility index (Phi) is 6.31. The molecule has 2 rings (SSSR count). The van der Waals surface area contributed by atoms with Crippen LogP contribution in [0.2, 0.25) is 0 Å². The number of carbonyl (C=O) groups excluding carboxylic acids is 2. The minimum Gasteiger partial charge on any atom is -0.450 e. The molecule has 0 fully saturated rings. The molecule has 0 aliphatic heterocycles. The Labute approximate surface area is 157 Å². The predicted molar refractivity (Wildman–Crippen MR) is 95.5 cm³/mol. The molecule has 0 radical (unpaired) electrons. The third kappa shape index (κ3) is 4.80. The molecule has 2 aromatic rings. The normalized spacial score (nSPS) is 11.2. The third-order valence-electron chi connectivity index (χ3n) is 3.27. The van der Waals surface area contributed by atoms with Gasteiger partial charge in [-0.05, 0) is 24.3 Å². The summed E-state index contributed by atoms with van der Waals surface area (Å²) < 4.78 is 24.8. The van der Waals surface area contributed by atoms with E-state index < -0.39 is 18.2 Å². The predicted octanol–water partition coefficient (Wildman–Crippen LogP) is 3.58. The quantitative estimate of drug-likeness (QED) is 0.545. The molecule has 0 saturated heterocycles. The number of nitrogens with zero attached hydrogens (tertiary/aromatic N) is 2. The lowest BCUT2D eigenvalue weighted by molar-refractivity contribution is -0.132. The fourth-order valence-electron chi connectivity index (χ4n) is 2.07. The first-order valence-corrected chi connectivity index (χ1v) is 8.17. The second-order valence-electron chi connectivity index (χ2n) is 5.18. The van der Waals surface area contributed by atoms with Gasteiger partial charge in [-0.15, -0.1) is 0 Å². The first-order chi connectivity index (χ1) is 12.3. The summed E-state index contributed by atoms with van der Waals surface area (Å²) in [5.41, 5.74) is 0.408. The molecule has 0 N–H and O–H groups in total. The number of benzene rings is 2. The van der Waals surface area contributed by atoms with Crippen molar-refractivity contribution in [3.63, 3.8) is 0 Å². The second-order valence-corrected chi connectivity index (χ2v) is 6.09. The van der Waals surface area contributed by atoms with Crippen molar-refractivity contribution in [1.29, 1.82) is 5.26 Å². The van der Waals surface area contributed by atoms with E-state index in [-0.39, 0.29) is 17.1 Å². The van der Waals surface area contributed by atoms with Gasteiger partial charge in [-0.25, -0.2) is 0 Å². The maximum absolute atomic E-state index is 14.3. The zero-order chi connectivity index (χ0) is 19.3. The van der Waals surface area contributed by atoms with Gasteiger partial charge in [0.05, 0.1) is 5.56 Å². The highest BCUT2D eigenvalue weighted by molar-refractivity contribution is 9.10. The molecule has 0 aromatic heterocycles. The van der Waals surface area contributed by atoms with Crippen LogP contribution in [-0.4, -0.2) is 25.3 Å². The number of esters is 1. The molecule has 134 valence electrons. The Morgan fingerprint density at radius 3 is 2.62 bits per heavy atom. The number of nitriles is 1. The Balaban J connectivity index is 2.19. The lowest BCUT2D eigenvalue weighted by atomic mass is 10.2. The first kappa shape index (κ1) is 19.4. The molecule has 1 amide bonds. The minimum atomic E-state index is -2.31. The van der Waals surface area contributed by atoms with Crippen LogP contribution in [0.15, 0.2) is 46.9 Å². The van der Waals surface area contributed by atoms with Gasteiger partial charge < -0.3 is 14.4 Å². The number of likely N-dealkylation sites (N-methyl/N-ethyl adjacent to an activating group) is 1. The van der Waals surface area contributed by atoms with E-state index in [1.807, 2.05) is 6.07 Å². The number of anilines is 1. The van der Waals surface area contributed by atoms with E-state index in [1.165, 1.54) is 38.2 Å². The number of halogens is 2. The Hall–Kier alpha value is -2.92. The van der Waals surface area contributed by atoms with Gasteiger partial charge in [0.25, 0.3) is 0 Å². The van der Waals surface area contributed by atoms with E-state index in [4.69, 9.17) is 14.7 Å². The van der Waals surface area contributed by atoms with Crippen molar-refractivity contribution in [2.24, 2.45) is 0 Å². The number of hydrogen-bond donors (Lipinski definition) is 0. The second kappa shape index (κ2) is 8.45. The Morgan fingerprint density at radius 1 is 1.27 bits per heavy atom. The van der Waals surface area contributed by atoms with E-state index in [0.29, 0.717) is 10.2 Å². The minimum absolute atomic E-state index is 0.0286. The molecule has 1 unspecified atom stereocenters.